The summed E-state index contributed by atoms with van der Waals surface area (Å²) in [6, 6.07) is 1.69. The molecule has 1 aromatic carbocycles. The first kappa shape index (κ1) is 11.4. The van der Waals surface area contributed by atoms with Gasteiger partial charge in [-0.05, 0) is 0 Å². The lowest BCUT2D eigenvalue weighted by atomic mass is 10.3. The standard InChI is InChI=1S/C7H4ClF2NO4S/c8-3-1-4-5(15-7(9,10)14-4)2-6(3)16(11,12)13/h1-2H,(H2,11,12,13). The summed E-state index contributed by atoms with van der Waals surface area (Å²) in [5, 5.41) is 4.51. The number of fused-ring (bicyclic) bond motifs is 1. The number of alkyl halides is 2. The van der Waals surface area contributed by atoms with Crippen molar-refractivity contribution in [3.05, 3.63) is 17.2 Å². The molecule has 0 fully saturated rings. The molecule has 0 radical (unpaired) electrons. The maximum Gasteiger partial charge on any atom is 0.586 e. The molecule has 1 aromatic rings. The third kappa shape index (κ3) is 1.91. The number of ether oxygens (including phenoxy) is 2. The molecule has 16 heavy (non-hydrogen) atoms. The topological polar surface area (TPSA) is 78.6 Å². The van der Waals surface area contributed by atoms with Gasteiger partial charge in [0.2, 0.25) is 10.0 Å². The summed E-state index contributed by atoms with van der Waals surface area (Å²) < 4.78 is 55.4. The first-order valence-electron chi connectivity index (χ1n) is 3.81. The molecule has 1 aliphatic heterocycles. The maximum absolute atomic E-state index is 12.6. The van der Waals surface area contributed by atoms with E-state index in [-0.39, 0.29) is 10.8 Å². The second kappa shape index (κ2) is 3.19. The average molecular weight is 272 g/mol. The Labute approximate surface area is 93.8 Å². The molecule has 0 atom stereocenters. The summed E-state index contributed by atoms with van der Waals surface area (Å²) in [5.41, 5.74) is 0. The molecule has 0 bridgehead atoms. The molecule has 0 saturated carbocycles. The minimum Gasteiger partial charge on any atom is -0.395 e. The predicted molar refractivity (Wildman–Crippen MR) is 49.0 cm³/mol. The van der Waals surface area contributed by atoms with Crippen molar-refractivity contribution >= 4 is 21.6 Å². The molecule has 0 spiro atoms. The van der Waals surface area contributed by atoms with Crippen LogP contribution in [0.2, 0.25) is 5.02 Å². The zero-order valence-corrected chi connectivity index (χ0v) is 8.98. The molecule has 9 heteroatoms. The van der Waals surface area contributed by atoms with E-state index in [0.29, 0.717) is 0 Å². The zero-order valence-electron chi connectivity index (χ0n) is 7.41. The van der Waals surface area contributed by atoms with E-state index < -0.39 is 27.0 Å². The van der Waals surface area contributed by atoms with Crippen LogP contribution in [0.5, 0.6) is 11.5 Å². The van der Waals surface area contributed by atoms with Gasteiger partial charge in [-0.25, -0.2) is 13.6 Å². The number of nitrogens with two attached hydrogens (primary N) is 1. The minimum atomic E-state index is -4.10. The van der Waals surface area contributed by atoms with Crippen LogP contribution >= 0.6 is 11.6 Å². The second-order valence-corrected chi connectivity index (χ2v) is 4.88. The molecular weight excluding hydrogens is 268 g/mol. The van der Waals surface area contributed by atoms with E-state index in [4.69, 9.17) is 16.7 Å². The van der Waals surface area contributed by atoms with E-state index >= 15 is 0 Å². The lowest BCUT2D eigenvalue weighted by Crippen LogP contribution is -2.25. The van der Waals surface area contributed by atoms with Crippen molar-refractivity contribution in [2.45, 2.75) is 11.2 Å². The van der Waals surface area contributed by atoms with Gasteiger partial charge in [0.25, 0.3) is 0 Å². The van der Waals surface area contributed by atoms with Crippen LogP contribution in [0, 0.1) is 0 Å². The van der Waals surface area contributed by atoms with E-state index in [0.717, 1.165) is 12.1 Å². The number of benzene rings is 1. The van der Waals surface area contributed by atoms with Gasteiger partial charge in [0.1, 0.15) is 4.90 Å². The van der Waals surface area contributed by atoms with Crippen LogP contribution in [0.3, 0.4) is 0 Å². The molecular formula is C7H4ClF2NO4S. The summed E-state index contributed by atoms with van der Waals surface area (Å²) in [6.45, 7) is 0. The smallest absolute Gasteiger partial charge is 0.395 e. The summed E-state index contributed by atoms with van der Waals surface area (Å²) in [6.07, 6.45) is -3.83. The van der Waals surface area contributed by atoms with Gasteiger partial charge in [-0.2, -0.15) is 0 Å². The van der Waals surface area contributed by atoms with Crippen LogP contribution in [-0.2, 0) is 10.0 Å². The van der Waals surface area contributed by atoms with Gasteiger partial charge in [-0.15, -0.1) is 8.78 Å². The van der Waals surface area contributed by atoms with Crippen LogP contribution < -0.4 is 14.6 Å². The summed E-state index contributed by atoms with van der Waals surface area (Å²) in [4.78, 5) is -0.505. The van der Waals surface area contributed by atoms with E-state index in [1.807, 2.05) is 0 Å². The fourth-order valence-electron chi connectivity index (χ4n) is 1.17. The minimum absolute atomic E-state index is 0.317. The number of primary sulfonamides is 1. The Kier molecular flexibility index (Phi) is 2.26. The highest BCUT2D eigenvalue weighted by Gasteiger charge is 2.44. The molecule has 0 aliphatic carbocycles. The Morgan fingerprint density at radius 1 is 1.25 bits per heavy atom. The third-order valence-corrected chi connectivity index (χ3v) is 3.14. The van der Waals surface area contributed by atoms with E-state index in [9.17, 15) is 17.2 Å². The fraction of sp³-hybridized carbons (Fsp3) is 0.143. The Balaban J connectivity index is 2.58. The Bertz CT molecular complexity index is 560. The summed E-state index contributed by atoms with van der Waals surface area (Å²) in [7, 11) is -4.10. The Hall–Kier alpha value is -1.12. The molecule has 0 unspecified atom stereocenters. The maximum atomic E-state index is 12.6. The number of halogens is 3. The lowest BCUT2D eigenvalue weighted by molar-refractivity contribution is -0.286. The molecule has 0 amide bonds. The van der Waals surface area contributed by atoms with Crippen molar-refractivity contribution in [1.82, 2.24) is 0 Å². The van der Waals surface area contributed by atoms with E-state index in [1.165, 1.54) is 0 Å². The van der Waals surface area contributed by atoms with Crippen LogP contribution in [0.15, 0.2) is 17.0 Å². The molecule has 0 aromatic heterocycles. The SMILES string of the molecule is NS(=O)(=O)c1cc2c(cc1Cl)OC(F)(F)O2. The number of hydrogen-bond acceptors (Lipinski definition) is 4. The summed E-state index contributed by atoms with van der Waals surface area (Å²) >= 11 is 5.55. The zero-order chi connectivity index (χ0) is 12.1. The van der Waals surface area contributed by atoms with Gasteiger partial charge < -0.3 is 9.47 Å². The van der Waals surface area contributed by atoms with Gasteiger partial charge in [0.15, 0.2) is 11.5 Å². The van der Waals surface area contributed by atoms with Gasteiger partial charge in [0.05, 0.1) is 5.02 Å². The van der Waals surface area contributed by atoms with Crippen molar-refractivity contribution < 1.29 is 26.7 Å². The van der Waals surface area contributed by atoms with Crippen molar-refractivity contribution in [2.24, 2.45) is 5.14 Å². The normalized spacial score (nSPS) is 17.5. The molecule has 1 aliphatic rings. The molecule has 88 valence electrons. The van der Waals surface area contributed by atoms with Crippen LogP contribution in [0.4, 0.5) is 8.78 Å². The van der Waals surface area contributed by atoms with Gasteiger partial charge >= 0.3 is 6.29 Å². The average Bonchev–Trinajstić information content (AvgIpc) is 2.34. The lowest BCUT2D eigenvalue weighted by Gasteiger charge is -2.04. The quantitative estimate of drug-likeness (QED) is 0.835. The highest BCUT2D eigenvalue weighted by atomic mass is 35.5. The van der Waals surface area contributed by atoms with Crippen LogP contribution in [0.1, 0.15) is 0 Å². The monoisotopic (exact) mass is 271 g/mol. The number of hydrogen-bond donors (Lipinski definition) is 1. The van der Waals surface area contributed by atoms with Gasteiger partial charge in [-0.3, -0.25) is 0 Å². The van der Waals surface area contributed by atoms with E-state index in [1.54, 1.807) is 0 Å². The highest BCUT2D eigenvalue weighted by molar-refractivity contribution is 7.89. The largest absolute Gasteiger partial charge is 0.586 e. The van der Waals surface area contributed by atoms with Crippen LogP contribution in [-0.4, -0.2) is 14.7 Å². The Morgan fingerprint density at radius 3 is 2.25 bits per heavy atom. The number of sulfonamides is 1. The summed E-state index contributed by atoms with van der Waals surface area (Å²) in [5.74, 6) is -0.777. The fourth-order valence-corrected chi connectivity index (χ4v) is 2.25. The third-order valence-electron chi connectivity index (χ3n) is 1.76. The Morgan fingerprint density at radius 2 is 1.75 bits per heavy atom. The molecule has 2 N–H and O–H groups in total. The molecule has 0 saturated heterocycles. The first-order chi connectivity index (χ1) is 7.19. The van der Waals surface area contributed by atoms with Gasteiger partial charge in [-0.1, -0.05) is 11.6 Å². The molecule has 1 heterocycles. The predicted octanol–water partition coefficient (Wildman–Crippen LogP) is 1.31. The van der Waals surface area contributed by atoms with Crippen molar-refractivity contribution in [1.29, 1.82) is 0 Å². The molecule has 5 nitrogen and oxygen atoms in total. The van der Waals surface area contributed by atoms with Crippen LogP contribution in [0.25, 0.3) is 0 Å². The van der Waals surface area contributed by atoms with E-state index in [2.05, 4.69) is 9.47 Å². The first-order valence-corrected chi connectivity index (χ1v) is 5.74. The van der Waals surface area contributed by atoms with Gasteiger partial charge in [0, 0.05) is 12.1 Å². The second-order valence-electron chi connectivity index (χ2n) is 2.94. The van der Waals surface area contributed by atoms with Crippen molar-refractivity contribution in [2.75, 3.05) is 0 Å². The highest BCUT2D eigenvalue weighted by Crippen LogP contribution is 2.44. The van der Waals surface area contributed by atoms with Crippen molar-refractivity contribution in [3.8, 4) is 11.5 Å². The number of rotatable bonds is 1. The van der Waals surface area contributed by atoms with Crippen molar-refractivity contribution in [3.63, 3.8) is 0 Å². The molecule has 2 rings (SSSR count).